The molecule has 0 saturated carbocycles. The number of carbonyl (C=O) groups excluding carboxylic acids is 1. The second-order valence-corrected chi connectivity index (χ2v) is 3.74. The molecule has 0 aliphatic carbocycles. The van der Waals surface area contributed by atoms with Crippen molar-refractivity contribution in [3.05, 3.63) is 33.3 Å². The number of nitro groups is 1. The van der Waals surface area contributed by atoms with Gasteiger partial charge >= 0.3 is 0 Å². The topological polar surface area (TPSA) is 75.5 Å². The molecule has 0 bridgehead atoms. The lowest BCUT2D eigenvalue weighted by atomic mass is 10.2. The molecule has 7 heteroatoms. The highest BCUT2D eigenvalue weighted by atomic mass is 35.5. The molecule has 16 heavy (non-hydrogen) atoms. The molecule has 1 amide bonds. The summed E-state index contributed by atoms with van der Waals surface area (Å²) in [6.07, 6.45) is 0.396. The number of benzene rings is 1. The van der Waals surface area contributed by atoms with Gasteiger partial charge in [-0.2, -0.15) is 0 Å². The third-order valence-corrected chi connectivity index (χ3v) is 2.56. The van der Waals surface area contributed by atoms with Gasteiger partial charge in [0.2, 0.25) is 5.91 Å². The molecule has 0 unspecified atom stereocenters. The van der Waals surface area contributed by atoms with Crippen molar-refractivity contribution in [3.8, 4) is 0 Å². The van der Waals surface area contributed by atoms with E-state index in [2.05, 4.69) is 5.43 Å². The van der Waals surface area contributed by atoms with E-state index in [9.17, 15) is 14.9 Å². The number of halogens is 1. The van der Waals surface area contributed by atoms with E-state index < -0.39 is 4.92 Å². The first-order valence-electron chi connectivity index (χ1n) is 4.59. The molecule has 0 spiro atoms. The van der Waals surface area contributed by atoms with Gasteiger partial charge < -0.3 is 0 Å². The van der Waals surface area contributed by atoms with Crippen molar-refractivity contribution in [1.82, 2.24) is 5.43 Å². The van der Waals surface area contributed by atoms with Gasteiger partial charge in [0, 0.05) is 25.1 Å². The van der Waals surface area contributed by atoms with Crippen molar-refractivity contribution in [1.29, 1.82) is 0 Å². The fraction of sp³-hybridized carbons (Fsp3) is 0.222. The van der Waals surface area contributed by atoms with Gasteiger partial charge in [0.25, 0.3) is 5.69 Å². The van der Waals surface area contributed by atoms with Gasteiger partial charge in [0.15, 0.2) is 0 Å². The summed E-state index contributed by atoms with van der Waals surface area (Å²) in [4.78, 5) is 21.0. The average Bonchev–Trinajstić information content (AvgIpc) is 2.64. The molecule has 1 aliphatic heterocycles. The molecule has 0 atom stereocenters. The number of amides is 1. The molecule has 1 aromatic carbocycles. The Morgan fingerprint density at radius 3 is 2.75 bits per heavy atom. The van der Waals surface area contributed by atoms with E-state index in [1.165, 1.54) is 18.2 Å². The number of hydrogen-bond donors (Lipinski definition) is 1. The first-order valence-corrected chi connectivity index (χ1v) is 4.96. The number of non-ortho nitro benzene ring substituents is 1. The summed E-state index contributed by atoms with van der Waals surface area (Å²) in [5, 5.41) is 12.3. The van der Waals surface area contributed by atoms with Gasteiger partial charge in [-0.05, 0) is 6.07 Å². The van der Waals surface area contributed by atoms with Crippen LogP contribution < -0.4 is 10.4 Å². The molecule has 1 fully saturated rings. The third kappa shape index (κ3) is 1.92. The molecule has 1 aliphatic rings. The Morgan fingerprint density at radius 1 is 1.50 bits per heavy atom. The summed E-state index contributed by atoms with van der Waals surface area (Å²) < 4.78 is 0. The van der Waals surface area contributed by atoms with Crippen LogP contribution in [-0.2, 0) is 4.79 Å². The van der Waals surface area contributed by atoms with Crippen LogP contribution in [0, 0.1) is 10.1 Å². The Morgan fingerprint density at radius 2 is 2.25 bits per heavy atom. The van der Waals surface area contributed by atoms with E-state index in [0.29, 0.717) is 18.7 Å². The predicted molar refractivity (Wildman–Crippen MR) is 58.2 cm³/mol. The van der Waals surface area contributed by atoms with E-state index in [1.807, 2.05) is 0 Å². The van der Waals surface area contributed by atoms with E-state index in [4.69, 9.17) is 11.6 Å². The Balaban J connectivity index is 2.29. The minimum atomic E-state index is -0.516. The maximum Gasteiger partial charge on any atom is 0.271 e. The van der Waals surface area contributed by atoms with Crippen LogP contribution in [0.3, 0.4) is 0 Å². The first-order chi connectivity index (χ1) is 7.58. The first kappa shape index (κ1) is 10.7. The van der Waals surface area contributed by atoms with Crippen molar-refractivity contribution in [2.75, 3.05) is 11.6 Å². The zero-order valence-electron chi connectivity index (χ0n) is 8.14. The van der Waals surface area contributed by atoms with Crippen molar-refractivity contribution < 1.29 is 9.72 Å². The molecular weight excluding hydrogens is 234 g/mol. The van der Waals surface area contributed by atoms with Gasteiger partial charge in [0.1, 0.15) is 0 Å². The number of rotatable bonds is 2. The average molecular weight is 242 g/mol. The van der Waals surface area contributed by atoms with Crippen LogP contribution in [0.5, 0.6) is 0 Å². The largest absolute Gasteiger partial charge is 0.284 e. The zero-order chi connectivity index (χ0) is 11.7. The normalized spacial score (nSPS) is 15.1. The zero-order valence-corrected chi connectivity index (χ0v) is 8.90. The lowest BCUT2D eigenvalue weighted by Gasteiger charge is -2.18. The summed E-state index contributed by atoms with van der Waals surface area (Å²) in [5.74, 6) is -0.0885. The Bertz CT molecular complexity index is 463. The van der Waals surface area contributed by atoms with Crippen LogP contribution in [0.25, 0.3) is 0 Å². The van der Waals surface area contributed by atoms with Gasteiger partial charge in [-0.15, -0.1) is 0 Å². The second-order valence-electron chi connectivity index (χ2n) is 3.33. The Hall–Kier alpha value is -1.82. The molecule has 2 rings (SSSR count). The van der Waals surface area contributed by atoms with Crippen molar-refractivity contribution >= 4 is 28.9 Å². The lowest BCUT2D eigenvalue weighted by molar-refractivity contribution is -0.384. The number of nitrogens with zero attached hydrogens (tertiary/aromatic N) is 2. The van der Waals surface area contributed by atoms with Crippen LogP contribution in [0.2, 0.25) is 5.02 Å². The number of anilines is 1. The van der Waals surface area contributed by atoms with Gasteiger partial charge in [-0.3, -0.25) is 25.3 Å². The molecule has 0 aromatic heterocycles. The number of nitrogens with one attached hydrogen (secondary N) is 1. The van der Waals surface area contributed by atoms with Crippen LogP contribution >= 0.6 is 11.6 Å². The van der Waals surface area contributed by atoms with E-state index in [1.54, 1.807) is 5.01 Å². The highest BCUT2D eigenvalue weighted by Crippen LogP contribution is 2.29. The smallest absolute Gasteiger partial charge is 0.271 e. The molecule has 1 heterocycles. The fourth-order valence-corrected chi connectivity index (χ4v) is 1.76. The van der Waals surface area contributed by atoms with Gasteiger partial charge in [-0.25, -0.2) is 0 Å². The van der Waals surface area contributed by atoms with Crippen molar-refractivity contribution in [2.45, 2.75) is 6.42 Å². The predicted octanol–water partition coefficient (Wildman–Crippen LogP) is 1.49. The van der Waals surface area contributed by atoms with Gasteiger partial charge in [0.05, 0.1) is 15.6 Å². The molecular formula is C9H8ClN3O3. The molecule has 6 nitrogen and oxygen atoms in total. The van der Waals surface area contributed by atoms with Crippen LogP contribution in [-0.4, -0.2) is 17.4 Å². The second kappa shape index (κ2) is 3.97. The SMILES string of the molecule is O=C1CCN(c2ccc([N+](=O)[O-])cc2Cl)N1. The van der Waals surface area contributed by atoms with Gasteiger partial charge in [-0.1, -0.05) is 11.6 Å². The molecule has 84 valence electrons. The van der Waals surface area contributed by atoms with Crippen molar-refractivity contribution in [2.24, 2.45) is 0 Å². The summed E-state index contributed by atoms with van der Waals surface area (Å²) in [7, 11) is 0. The van der Waals surface area contributed by atoms with Crippen LogP contribution in [0.15, 0.2) is 18.2 Å². The van der Waals surface area contributed by atoms with Crippen LogP contribution in [0.1, 0.15) is 6.42 Å². The number of carbonyl (C=O) groups is 1. The molecule has 1 aromatic rings. The summed E-state index contributed by atoms with van der Waals surface area (Å²) in [6, 6.07) is 4.14. The fourth-order valence-electron chi connectivity index (χ4n) is 1.48. The molecule has 1 N–H and O–H groups in total. The minimum Gasteiger partial charge on any atom is -0.284 e. The minimum absolute atomic E-state index is 0.0701. The monoisotopic (exact) mass is 241 g/mol. The standard InChI is InChI=1S/C9H8ClN3O3/c10-7-5-6(13(15)16)1-2-8(7)12-4-3-9(14)11-12/h1-2,5H,3-4H2,(H,11,14). The summed E-state index contributed by atoms with van der Waals surface area (Å²) in [5.41, 5.74) is 3.10. The molecule has 0 radical (unpaired) electrons. The quantitative estimate of drug-likeness (QED) is 0.629. The number of hydrazine groups is 1. The molecule has 1 saturated heterocycles. The van der Waals surface area contributed by atoms with Crippen LogP contribution in [0.4, 0.5) is 11.4 Å². The lowest BCUT2D eigenvalue weighted by Crippen LogP contribution is -2.33. The Labute approximate surface area is 95.9 Å². The van der Waals surface area contributed by atoms with E-state index in [0.717, 1.165) is 0 Å². The number of hydrogen-bond acceptors (Lipinski definition) is 4. The maximum absolute atomic E-state index is 11.0. The van der Waals surface area contributed by atoms with E-state index in [-0.39, 0.29) is 16.6 Å². The maximum atomic E-state index is 11.0. The number of nitro benzene ring substituents is 1. The third-order valence-electron chi connectivity index (χ3n) is 2.26. The highest BCUT2D eigenvalue weighted by Gasteiger charge is 2.21. The highest BCUT2D eigenvalue weighted by molar-refractivity contribution is 6.33. The summed E-state index contributed by atoms with van der Waals surface area (Å²) >= 11 is 5.90. The van der Waals surface area contributed by atoms with E-state index >= 15 is 0 Å². The van der Waals surface area contributed by atoms with Crippen molar-refractivity contribution in [3.63, 3.8) is 0 Å². The summed E-state index contributed by atoms with van der Waals surface area (Å²) in [6.45, 7) is 0.510. The Kier molecular flexibility index (Phi) is 2.66.